The van der Waals surface area contributed by atoms with E-state index in [1.807, 2.05) is 37.7 Å². The average molecular weight is 273 g/mol. The summed E-state index contributed by atoms with van der Waals surface area (Å²) < 4.78 is 1.90. The van der Waals surface area contributed by atoms with Crippen LogP contribution in [0.3, 0.4) is 0 Å². The third kappa shape index (κ3) is 2.85. The van der Waals surface area contributed by atoms with Crippen molar-refractivity contribution in [2.45, 2.75) is 40.3 Å². The average Bonchev–Trinajstić information content (AvgIpc) is 2.64. The normalized spacial score (nSPS) is 12.7. The lowest BCUT2D eigenvalue weighted by Gasteiger charge is -2.16. The highest BCUT2D eigenvalue weighted by atomic mass is 16.3. The van der Waals surface area contributed by atoms with Crippen molar-refractivity contribution < 1.29 is 5.11 Å². The summed E-state index contributed by atoms with van der Waals surface area (Å²) >= 11 is 0. The van der Waals surface area contributed by atoms with E-state index in [2.05, 4.69) is 24.3 Å². The van der Waals surface area contributed by atoms with E-state index in [9.17, 15) is 5.11 Å². The van der Waals surface area contributed by atoms with Crippen LogP contribution in [0, 0.1) is 20.8 Å². The van der Waals surface area contributed by atoms with E-state index in [1.165, 1.54) is 11.3 Å². The van der Waals surface area contributed by atoms with E-state index in [0.717, 1.165) is 23.4 Å². The maximum atomic E-state index is 9.96. The van der Waals surface area contributed by atoms with Crippen LogP contribution < -0.4 is 5.32 Å². The van der Waals surface area contributed by atoms with Crippen LogP contribution in [0.2, 0.25) is 0 Å². The molecule has 0 aliphatic heterocycles. The highest BCUT2D eigenvalue weighted by Crippen LogP contribution is 2.25. The molecule has 20 heavy (non-hydrogen) atoms. The first-order valence-electron chi connectivity index (χ1n) is 6.92. The molecule has 1 unspecified atom stereocenters. The number of aryl methyl sites for hydroxylation is 3. The minimum Gasteiger partial charge on any atom is -0.508 e. The monoisotopic (exact) mass is 273 g/mol. The molecular weight excluding hydrogens is 250 g/mol. The highest BCUT2D eigenvalue weighted by molar-refractivity contribution is 5.37. The lowest BCUT2D eigenvalue weighted by Crippen LogP contribution is -2.19. The molecule has 0 radical (unpaired) electrons. The first kappa shape index (κ1) is 14.6. The first-order chi connectivity index (χ1) is 9.40. The Bertz CT molecular complexity index is 616. The molecule has 0 bridgehead atoms. The Labute approximate surface area is 120 Å². The quantitative estimate of drug-likeness (QED) is 0.900. The van der Waals surface area contributed by atoms with Crippen molar-refractivity contribution in [3.05, 3.63) is 46.3 Å². The Morgan fingerprint density at radius 2 is 2.00 bits per heavy atom. The Kier molecular flexibility index (Phi) is 4.14. The smallest absolute Gasteiger partial charge is 0.120 e. The summed E-state index contributed by atoms with van der Waals surface area (Å²) in [5.74, 6) is 0.343. The molecule has 0 amide bonds. The van der Waals surface area contributed by atoms with Gasteiger partial charge in [-0.3, -0.25) is 4.68 Å². The molecule has 0 saturated carbocycles. The minimum atomic E-state index is 0.0916. The fraction of sp³-hybridized carbons (Fsp3) is 0.438. The number of hydrogen-bond donors (Lipinski definition) is 2. The second-order valence-electron chi connectivity index (χ2n) is 5.44. The summed E-state index contributed by atoms with van der Waals surface area (Å²) in [6.45, 7) is 8.95. The zero-order valence-electron chi connectivity index (χ0n) is 12.9. The van der Waals surface area contributed by atoms with Crippen LogP contribution >= 0.6 is 0 Å². The van der Waals surface area contributed by atoms with Crippen molar-refractivity contribution in [1.29, 1.82) is 0 Å². The molecule has 4 nitrogen and oxygen atoms in total. The van der Waals surface area contributed by atoms with E-state index in [1.54, 1.807) is 6.07 Å². The van der Waals surface area contributed by atoms with Gasteiger partial charge < -0.3 is 10.4 Å². The molecule has 1 aromatic heterocycles. The molecule has 0 aliphatic carbocycles. The van der Waals surface area contributed by atoms with E-state index < -0.39 is 0 Å². The van der Waals surface area contributed by atoms with Gasteiger partial charge in [0.2, 0.25) is 0 Å². The topological polar surface area (TPSA) is 50.1 Å². The Morgan fingerprint density at radius 3 is 2.60 bits per heavy atom. The van der Waals surface area contributed by atoms with Crippen LogP contribution in [0.5, 0.6) is 5.75 Å². The first-order valence-corrected chi connectivity index (χ1v) is 6.92. The molecule has 4 heteroatoms. The zero-order chi connectivity index (χ0) is 14.9. The predicted octanol–water partition coefficient (Wildman–Crippen LogP) is 2.90. The molecule has 108 valence electrons. The highest BCUT2D eigenvalue weighted by Gasteiger charge is 2.13. The van der Waals surface area contributed by atoms with Gasteiger partial charge in [-0.15, -0.1) is 0 Å². The number of aromatic nitrogens is 2. The number of phenols is 1. The van der Waals surface area contributed by atoms with Crippen LogP contribution in [0.25, 0.3) is 0 Å². The van der Waals surface area contributed by atoms with Gasteiger partial charge in [-0.05, 0) is 33.8 Å². The summed E-state index contributed by atoms with van der Waals surface area (Å²) in [6, 6.07) is 5.79. The lowest BCUT2D eigenvalue weighted by molar-refractivity contribution is 0.452. The standard InChI is InChI=1S/C16H23N3O/c1-10-6-7-16(20)14(8-10)11(2)17-9-15-12(3)18-19(5)13(15)4/h6-8,11,17,20H,9H2,1-5H3. The van der Waals surface area contributed by atoms with Gasteiger partial charge in [0.25, 0.3) is 0 Å². The fourth-order valence-electron chi connectivity index (χ4n) is 2.46. The van der Waals surface area contributed by atoms with E-state index in [4.69, 9.17) is 0 Å². The molecule has 1 heterocycles. The molecule has 2 aromatic rings. The van der Waals surface area contributed by atoms with Crippen molar-refractivity contribution in [2.24, 2.45) is 7.05 Å². The molecule has 2 rings (SSSR count). The van der Waals surface area contributed by atoms with E-state index in [-0.39, 0.29) is 6.04 Å². The second kappa shape index (κ2) is 5.67. The summed E-state index contributed by atoms with van der Waals surface area (Å²) in [5, 5.41) is 17.8. The van der Waals surface area contributed by atoms with Crippen LogP contribution in [-0.4, -0.2) is 14.9 Å². The van der Waals surface area contributed by atoms with Crippen LogP contribution in [0.4, 0.5) is 0 Å². The van der Waals surface area contributed by atoms with Crippen molar-refractivity contribution >= 4 is 0 Å². The summed E-state index contributed by atoms with van der Waals surface area (Å²) in [5.41, 5.74) is 5.55. The summed E-state index contributed by atoms with van der Waals surface area (Å²) in [4.78, 5) is 0. The number of nitrogens with one attached hydrogen (secondary N) is 1. The predicted molar refractivity (Wildman–Crippen MR) is 80.8 cm³/mol. The van der Waals surface area contributed by atoms with Crippen molar-refractivity contribution in [2.75, 3.05) is 0 Å². The number of benzene rings is 1. The van der Waals surface area contributed by atoms with Gasteiger partial charge >= 0.3 is 0 Å². The van der Waals surface area contributed by atoms with Gasteiger partial charge in [0.15, 0.2) is 0 Å². The van der Waals surface area contributed by atoms with Crippen LogP contribution in [0.1, 0.15) is 41.0 Å². The Balaban J connectivity index is 2.12. The van der Waals surface area contributed by atoms with Crippen LogP contribution in [0.15, 0.2) is 18.2 Å². The number of rotatable bonds is 4. The van der Waals surface area contributed by atoms with Gasteiger partial charge in [0.1, 0.15) is 5.75 Å². The lowest BCUT2D eigenvalue weighted by atomic mass is 10.0. The van der Waals surface area contributed by atoms with E-state index in [0.29, 0.717) is 5.75 Å². The van der Waals surface area contributed by atoms with Gasteiger partial charge in [0, 0.05) is 36.5 Å². The number of aromatic hydroxyl groups is 1. The molecule has 0 fully saturated rings. The Hall–Kier alpha value is -1.81. The number of nitrogens with zero attached hydrogens (tertiary/aromatic N) is 2. The molecule has 1 aromatic carbocycles. The molecule has 2 N–H and O–H groups in total. The van der Waals surface area contributed by atoms with Gasteiger partial charge in [-0.25, -0.2) is 0 Å². The molecular formula is C16H23N3O. The molecule has 1 atom stereocenters. The van der Waals surface area contributed by atoms with Crippen LogP contribution in [-0.2, 0) is 13.6 Å². The third-order valence-electron chi connectivity index (χ3n) is 3.89. The second-order valence-corrected chi connectivity index (χ2v) is 5.44. The number of hydrogen-bond acceptors (Lipinski definition) is 3. The number of phenolic OH excluding ortho intramolecular Hbond substituents is 1. The molecule has 0 saturated heterocycles. The summed E-state index contributed by atoms with van der Waals surface area (Å²) in [6.07, 6.45) is 0. The molecule has 0 aliphatic rings. The largest absolute Gasteiger partial charge is 0.508 e. The van der Waals surface area contributed by atoms with Crippen molar-refractivity contribution in [3.8, 4) is 5.75 Å². The van der Waals surface area contributed by atoms with Gasteiger partial charge in [0.05, 0.1) is 5.69 Å². The van der Waals surface area contributed by atoms with Gasteiger partial charge in [-0.1, -0.05) is 17.7 Å². The summed E-state index contributed by atoms with van der Waals surface area (Å²) in [7, 11) is 1.96. The third-order valence-corrected chi connectivity index (χ3v) is 3.89. The molecule has 0 spiro atoms. The van der Waals surface area contributed by atoms with Crippen molar-refractivity contribution in [1.82, 2.24) is 15.1 Å². The Morgan fingerprint density at radius 1 is 1.30 bits per heavy atom. The maximum Gasteiger partial charge on any atom is 0.120 e. The van der Waals surface area contributed by atoms with Gasteiger partial charge in [-0.2, -0.15) is 5.10 Å². The zero-order valence-corrected chi connectivity index (χ0v) is 12.9. The minimum absolute atomic E-state index is 0.0916. The fourth-order valence-corrected chi connectivity index (χ4v) is 2.46. The van der Waals surface area contributed by atoms with E-state index >= 15 is 0 Å². The SMILES string of the molecule is Cc1ccc(O)c(C(C)NCc2c(C)nn(C)c2C)c1. The van der Waals surface area contributed by atoms with Crippen molar-refractivity contribution in [3.63, 3.8) is 0 Å². The maximum absolute atomic E-state index is 9.96.